The number of aliphatic imine (C=N–C) groups is 2. The van der Waals surface area contributed by atoms with Gasteiger partial charge in [0.15, 0.2) is 0 Å². The van der Waals surface area contributed by atoms with Crippen LogP contribution in [0.25, 0.3) is 38.6 Å². The van der Waals surface area contributed by atoms with Crippen LogP contribution in [0.15, 0.2) is 138 Å². The molecule has 1 heterocycles. The van der Waals surface area contributed by atoms with Gasteiger partial charge in [0.05, 0.1) is 16.7 Å². The summed E-state index contributed by atoms with van der Waals surface area (Å²) in [4.78, 5) is 10.3. The lowest BCUT2D eigenvalue weighted by molar-refractivity contribution is 0.661. The third-order valence-corrected chi connectivity index (χ3v) is 8.38. The monoisotopic (exact) mass is 529 g/mol. The molecule has 3 nitrogen and oxygen atoms in total. The van der Waals surface area contributed by atoms with Gasteiger partial charge in [0.1, 0.15) is 0 Å². The molecule has 1 aliphatic rings. The van der Waals surface area contributed by atoms with E-state index in [0.29, 0.717) is 11.7 Å². The molecule has 3 heteroatoms. The first-order chi connectivity index (χ1) is 19.9. The van der Waals surface area contributed by atoms with Gasteiger partial charge in [-0.15, -0.1) is 0 Å². The lowest BCUT2D eigenvalue weighted by Gasteiger charge is -2.21. The maximum atomic E-state index is 5.19. The van der Waals surface area contributed by atoms with Crippen molar-refractivity contribution in [1.29, 1.82) is 0 Å². The summed E-state index contributed by atoms with van der Waals surface area (Å²) in [6.45, 7) is 11.0. The number of fused-ring (bicyclic) bond motifs is 6. The molecule has 0 unspecified atom stereocenters. The Morgan fingerprint density at radius 3 is 2.00 bits per heavy atom. The van der Waals surface area contributed by atoms with Gasteiger partial charge < -0.3 is 0 Å². The molecular weight excluding hydrogens is 498 g/mol. The number of para-hydroxylation sites is 1. The van der Waals surface area contributed by atoms with Crippen LogP contribution in [-0.4, -0.2) is 16.2 Å². The Kier molecular flexibility index (Phi) is 5.83. The summed E-state index contributed by atoms with van der Waals surface area (Å²) >= 11 is 0. The minimum Gasteiger partial charge on any atom is -0.278 e. The molecule has 0 bridgehead atoms. The third-order valence-electron chi connectivity index (χ3n) is 8.38. The van der Waals surface area contributed by atoms with Crippen LogP contribution in [0, 0.1) is 0 Å². The van der Waals surface area contributed by atoms with E-state index in [1.807, 2.05) is 55.5 Å². The standard InChI is InChI=1S/C38H31N3/c1-25(27-15-7-5-8-16-27)39-37(40-26(2)28-17-9-6-10-18-28)41-35-22-14-12-20-30(35)32-23-31-29-19-11-13-21-33(29)38(3,4)34(31)24-36(32)41/h5-24H,1H2,2-4H3/b39-37?,40-26+. The van der Waals surface area contributed by atoms with Crippen molar-refractivity contribution in [3.8, 4) is 11.1 Å². The lowest BCUT2D eigenvalue weighted by Crippen LogP contribution is -2.16. The van der Waals surface area contributed by atoms with Gasteiger partial charge >= 0.3 is 0 Å². The summed E-state index contributed by atoms with van der Waals surface area (Å²) in [5.41, 5.74) is 10.9. The van der Waals surface area contributed by atoms with Crippen molar-refractivity contribution in [1.82, 2.24) is 4.57 Å². The van der Waals surface area contributed by atoms with E-state index in [2.05, 4.69) is 97.8 Å². The fourth-order valence-corrected chi connectivity index (χ4v) is 6.21. The molecule has 0 aliphatic heterocycles. The van der Waals surface area contributed by atoms with Crippen molar-refractivity contribution in [2.24, 2.45) is 9.98 Å². The van der Waals surface area contributed by atoms with Gasteiger partial charge in [-0.2, -0.15) is 0 Å². The lowest BCUT2D eigenvalue weighted by atomic mass is 9.82. The molecule has 41 heavy (non-hydrogen) atoms. The van der Waals surface area contributed by atoms with Crippen molar-refractivity contribution in [3.05, 3.63) is 150 Å². The third kappa shape index (κ3) is 4.05. The predicted molar refractivity (Wildman–Crippen MR) is 174 cm³/mol. The quantitative estimate of drug-likeness (QED) is 0.161. The second kappa shape index (κ2) is 9.57. The summed E-state index contributed by atoms with van der Waals surface area (Å²) in [7, 11) is 0. The van der Waals surface area contributed by atoms with Crippen LogP contribution in [-0.2, 0) is 5.41 Å². The Bertz CT molecular complexity index is 2020. The SMILES string of the molecule is C=C(N=C(/N=C(\C)c1ccccc1)n1c2ccccc2c2cc3c(cc21)C(C)(C)c1ccccc1-3)c1ccccc1. The minimum absolute atomic E-state index is 0.116. The molecule has 0 saturated heterocycles. The van der Waals surface area contributed by atoms with E-state index in [1.165, 1.54) is 33.0 Å². The van der Waals surface area contributed by atoms with E-state index < -0.39 is 0 Å². The first kappa shape index (κ1) is 25.0. The van der Waals surface area contributed by atoms with Gasteiger partial charge in [-0.05, 0) is 58.5 Å². The smallest absolute Gasteiger partial charge is 0.235 e. The fraction of sp³-hybridized carbons (Fsp3) is 0.105. The zero-order chi connectivity index (χ0) is 28.1. The molecule has 198 valence electrons. The number of rotatable bonds is 3. The molecule has 0 atom stereocenters. The van der Waals surface area contributed by atoms with Gasteiger partial charge in [-0.25, -0.2) is 9.98 Å². The number of nitrogens with zero attached hydrogens (tertiary/aromatic N) is 3. The molecule has 1 aliphatic carbocycles. The first-order valence-corrected chi connectivity index (χ1v) is 14.0. The normalized spacial score (nSPS) is 14.3. The number of hydrogen-bond donors (Lipinski definition) is 0. The summed E-state index contributed by atoms with van der Waals surface area (Å²) in [5.74, 6) is 0.597. The van der Waals surface area contributed by atoms with E-state index >= 15 is 0 Å². The van der Waals surface area contributed by atoms with Crippen molar-refractivity contribution in [2.45, 2.75) is 26.2 Å². The second-order valence-electron chi connectivity index (χ2n) is 11.2. The summed E-state index contributed by atoms with van der Waals surface area (Å²) in [6.07, 6.45) is 0. The van der Waals surface area contributed by atoms with Gasteiger partial charge in [-0.3, -0.25) is 4.57 Å². The van der Waals surface area contributed by atoms with Crippen molar-refractivity contribution in [3.63, 3.8) is 0 Å². The number of benzene rings is 5. The zero-order valence-electron chi connectivity index (χ0n) is 23.6. The average Bonchev–Trinajstić information content (AvgIpc) is 3.45. The van der Waals surface area contributed by atoms with Crippen LogP contribution in [0.5, 0.6) is 0 Å². The van der Waals surface area contributed by atoms with E-state index in [4.69, 9.17) is 9.98 Å². The van der Waals surface area contributed by atoms with Gasteiger partial charge in [-0.1, -0.05) is 124 Å². The predicted octanol–water partition coefficient (Wildman–Crippen LogP) is 9.48. The Hall–Kier alpha value is -5.02. The molecular formula is C38H31N3. The maximum Gasteiger partial charge on any atom is 0.235 e. The van der Waals surface area contributed by atoms with E-state index in [1.54, 1.807) is 0 Å². The molecule has 6 aromatic rings. The maximum absolute atomic E-state index is 5.19. The minimum atomic E-state index is -0.116. The molecule has 7 rings (SSSR count). The molecule has 0 amide bonds. The fourth-order valence-electron chi connectivity index (χ4n) is 6.21. The van der Waals surface area contributed by atoms with E-state index in [0.717, 1.165) is 27.9 Å². The highest BCUT2D eigenvalue weighted by atomic mass is 15.2. The van der Waals surface area contributed by atoms with Gasteiger partial charge in [0, 0.05) is 21.9 Å². The average molecular weight is 530 g/mol. The molecule has 0 N–H and O–H groups in total. The van der Waals surface area contributed by atoms with Crippen molar-refractivity contribution in [2.75, 3.05) is 0 Å². The van der Waals surface area contributed by atoms with Crippen LogP contribution < -0.4 is 0 Å². The zero-order valence-corrected chi connectivity index (χ0v) is 23.6. The van der Waals surface area contributed by atoms with Crippen LogP contribution in [0.1, 0.15) is 43.0 Å². The summed E-state index contributed by atoms with van der Waals surface area (Å²) in [5, 5.41) is 2.37. The second-order valence-corrected chi connectivity index (χ2v) is 11.2. The number of aromatic nitrogens is 1. The molecule has 0 saturated carbocycles. The Morgan fingerprint density at radius 2 is 1.24 bits per heavy atom. The molecule has 0 radical (unpaired) electrons. The highest BCUT2D eigenvalue weighted by Crippen LogP contribution is 2.50. The Balaban J connectivity index is 1.53. The molecule has 0 spiro atoms. The molecule has 5 aromatic carbocycles. The molecule has 0 fully saturated rings. The van der Waals surface area contributed by atoms with E-state index in [9.17, 15) is 0 Å². The number of hydrogen-bond acceptors (Lipinski definition) is 1. The van der Waals surface area contributed by atoms with Gasteiger partial charge in [0.2, 0.25) is 5.96 Å². The van der Waals surface area contributed by atoms with Crippen molar-refractivity contribution >= 4 is 39.2 Å². The van der Waals surface area contributed by atoms with Crippen LogP contribution in [0.2, 0.25) is 0 Å². The van der Waals surface area contributed by atoms with Gasteiger partial charge in [0.25, 0.3) is 0 Å². The summed E-state index contributed by atoms with van der Waals surface area (Å²) in [6, 6.07) is 42.4. The van der Waals surface area contributed by atoms with Crippen LogP contribution >= 0.6 is 0 Å². The Labute approximate surface area is 240 Å². The summed E-state index contributed by atoms with van der Waals surface area (Å²) < 4.78 is 2.21. The largest absolute Gasteiger partial charge is 0.278 e. The Morgan fingerprint density at radius 1 is 0.610 bits per heavy atom. The topological polar surface area (TPSA) is 29.6 Å². The van der Waals surface area contributed by atoms with Crippen LogP contribution in [0.3, 0.4) is 0 Å². The first-order valence-electron chi connectivity index (χ1n) is 14.0. The highest BCUT2D eigenvalue weighted by Gasteiger charge is 2.36. The van der Waals surface area contributed by atoms with Crippen LogP contribution in [0.4, 0.5) is 0 Å². The van der Waals surface area contributed by atoms with E-state index in [-0.39, 0.29) is 5.41 Å². The highest BCUT2D eigenvalue weighted by molar-refractivity contribution is 6.18. The molecule has 1 aromatic heterocycles. The van der Waals surface area contributed by atoms with Crippen molar-refractivity contribution < 1.29 is 0 Å².